The number of halogens is 1. The largest absolute Gasteiger partial charge is 0.382 e. The van der Waals surface area contributed by atoms with E-state index in [0.717, 1.165) is 11.3 Å². The number of aromatic nitrogens is 2. The molecule has 1 heterocycles. The topological polar surface area (TPSA) is 55.0 Å². The minimum Gasteiger partial charge on any atom is -0.382 e. The van der Waals surface area contributed by atoms with Gasteiger partial charge in [0.05, 0.1) is 0 Å². The molecule has 18 heavy (non-hydrogen) atoms. The van der Waals surface area contributed by atoms with Gasteiger partial charge in [-0.3, -0.25) is 0 Å². The van der Waals surface area contributed by atoms with Crippen molar-refractivity contribution in [1.29, 1.82) is 0 Å². The molecule has 2 rings (SSSR count). The summed E-state index contributed by atoms with van der Waals surface area (Å²) in [7, 11) is 1.91. The van der Waals surface area contributed by atoms with E-state index in [1.165, 1.54) is 11.9 Å². The zero-order valence-electron chi connectivity index (χ0n) is 10.6. The van der Waals surface area contributed by atoms with E-state index in [1.807, 2.05) is 18.0 Å². The molecule has 0 bridgehead atoms. The smallest absolute Gasteiger partial charge is 0.157 e. The molecule has 0 atom stereocenters. The molecule has 2 N–H and O–H groups in total. The lowest BCUT2D eigenvalue weighted by atomic mass is 10.1. The quantitative estimate of drug-likeness (QED) is 0.904. The summed E-state index contributed by atoms with van der Waals surface area (Å²) in [5, 5.41) is 0.375. The minimum absolute atomic E-state index is 0.290. The molecule has 2 aromatic rings. The van der Waals surface area contributed by atoms with E-state index >= 15 is 0 Å². The van der Waals surface area contributed by atoms with Gasteiger partial charge in [0, 0.05) is 12.7 Å². The molecular formula is C13H15ClN4. The predicted octanol–water partition coefficient (Wildman–Crippen LogP) is 3.10. The van der Waals surface area contributed by atoms with Gasteiger partial charge in [0.2, 0.25) is 0 Å². The molecule has 0 aliphatic carbocycles. The van der Waals surface area contributed by atoms with Crippen molar-refractivity contribution >= 4 is 28.9 Å². The lowest BCUT2D eigenvalue weighted by Gasteiger charge is -2.21. The Morgan fingerprint density at radius 3 is 2.61 bits per heavy atom. The molecule has 0 saturated heterocycles. The van der Waals surface area contributed by atoms with E-state index in [-0.39, 0.29) is 0 Å². The molecule has 0 aliphatic heterocycles. The molecule has 0 unspecified atom stereocenters. The summed E-state index contributed by atoms with van der Waals surface area (Å²) in [6, 6.07) is 6.21. The second-order valence-corrected chi connectivity index (χ2v) is 4.62. The Bertz CT molecular complexity index is 583. The molecule has 94 valence electrons. The van der Waals surface area contributed by atoms with E-state index in [2.05, 4.69) is 35.9 Å². The van der Waals surface area contributed by atoms with Gasteiger partial charge in [-0.05, 0) is 25.5 Å². The van der Waals surface area contributed by atoms with Crippen molar-refractivity contribution in [2.75, 3.05) is 17.7 Å². The van der Waals surface area contributed by atoms with Crippen molar-refractivity contribution in [3.8, 4) is 0 Å². The van der Waals surface area contributed by atoms with Gasteiger partial charge in [-0.1, -0.05) is 29.3 Å². The number of aryl methyl sites for hydroxylation is 2. The summed E-state index contributed by atoms with van der Waals surface area (Å²) in [6.45, 7) is 4.11. The van der Waals surface area contributed by atoms with Crippen LogP contribution in [0.2, 0.25) is 5.02 Å². The highest BCUT2D eigenvalue weighted by molar-refractivity contribution is 6.35. The monoisotopic (exact) mass is 262 g/mol. The standard InChI is InChI=1S/C13H15ClN4/c1-8-4-5-10(9(2)6-8)18(3)13-11(14)12(15)16-7-17-13/h4-7H,1-3H3,(H2,15,16,17). The van der Waals surface area contributed by atoms with Crippen LogP contribution >= 0.6 is 11.6 Å². The molecule has 0 amide bonds. The van der Waals surface area contributed by atoms with Gasteiger partial charge in [0.25, 0.3) is 0 Å². The first-order valence-corrected chi connectivity index (χ1v) is 5.95. The van der Waals surface area contributed by atoms with Gasteiger partial charge < -0.3 is 10.6 Å². The molecule has 0 spiro atoms. The Morgan fingerprint density at radius 2 is 1.94 bits per heavy atom. The van der Waals surface area contributed by atoms with Crippen LogP contribution in [0.25, 0.3) is 0 Å². The highest BCUT2D eigenvalue weighted by Gasteiger charge is 2.14. The Kier molecular flexibility index (Phi) is 3.39. The average Bonchev–Trinajstić information content (AvgIpc) is 2.32. The maximum atomic E-state index is 6.13. The van der Waals surface area contributed by atoms with Crippen LogP contribution < -0.4 is 10.6 Å². The summed E-state index contributed by atoms with van der Waals surface area (Å²) in [5.41, 5.74) is 9.11. The Labute approximate surface area is 111 Å². The van der Waals surface area contributed by atoms with Crippen molar-refractivity contribution < 1.29 is 0 Å². The van der Waals surface area contributed by atoms with Crippen molar-refractivity contribution in [2.24, 2.45) is 0 Å². The molecule has 5 heteroatoms. The minimum atomic E-state index is 0.290. The summed E-state index contributed by atoms with van der Waals surface area (Å²) < 4.78 is 0. The number of anilines is 3. The van der Waals surface area contributed by atoms with Crippen LogP contribution in [0.5, 0.6) is 0 Å². The first-order valence-electron chi connectivity index (χ1n) is 5.57. The number of hydrogen-bond donors (Lipinski definition) is 1. The van der Waals surface area contributed by atoms with E-state index in [1.54, 1.807) is 0 Å². The fraction of sp³-hybridized carbons (Fsp3) is 0.231. The van der Waals surface area contributed by atoms with Crippen LogP contribution in [-0.2, 0) is 0 Å². The Hall–Kier alpha value is -1.81. The number of hydrogen-bond acceptors (Lipinski definition) is 4. The van der Waals surface area contributed by atoms with Gasteiger partial charge >= 0.3 is 0 Å². The molecule has 0 aliphatic rings. The van der Waals surface area contributed by atoms with Crippen LogP contribution in [-0.4, -0.2) is 17.0 Å². The van der Waals surface area contributed by atoms with Gasteiger partial charge in [-0.25, -0.2) is 9.97 Å². The van der Waals surface area contributed by atoms with Crippen LogP contribution in [0.4, 0.5) is 17.3 Å². The Morgan fingerprint density at radius 1 is 1.22 bits per heavy atom. The van der Waals surface area contributed by atoms with Crippen LogP contribution in [0, 0.1) is 13.8 Å². The van der Waals surface area contributed by atoms with Crippen molar-refractivity contribution in [3.05, 3.63) is 40.7 Å². The number of rotatable bonds is 2. The van der Waals surface area contributed by atoms with Crippen LogP contribution in [0.1, 0.15) is 11.1 Å². The zero-order chi connectivity index (χ0) is 13.3. The van der Waals surface area contributed by atoms with Crippen LogP contribution in [0.3, 0.4) is 0 Å². The molecule has 4 nitrogen and oxygen atoms in total. The fourth-order valence-corrected chi connectivity index (χ4v) is 2.13. The Balaban J connectivity index is 2.48. The molecule has 0 saturated carbocycles. The van der Waals surface area contributed by atoms with Crippen molar-refractivity contribution in [2.45, 2.75) is 13.8 Å². The number of nitrogens with zero attached hydrogens (tertiary/aromatic N) is 3. The normalized spacial score (nSPS) is 10.4. The van der Waals surface area contributed by atoms with Gasteiger partial charge in [-0.2, -0.15) is 0 Å². The summed E-state index contributed by atoms with van der Waals surface area (Å²) in [4.78, 5) is 9.95. The van der Waals surface area contributed by atoms with Gasteiger partial charge in [-0.15, -0.1) is 0 Å². The first-order chi connectivity index (χ1) is 8.50. The third-order valence-electron chi connectivity index (χ3n) is 2.83. The summed E-state index contributed by atoms with van der Waals surface area (Å²) in [6.07, 6.45) is 1.41. The van der Waals surface area contributed by atoms with Gasteiger partial charge in [0.15, 0.2) is 5.82 Å². The number of nitrogen functional groups attached to an aromatic ring is 1. The lowest BCUT2D eigenvalue weighted by molar-refractivity contribution is 1.08. The average molecular weight is 263 g/mol. The number of nitrogens with two attached hydrogens (primary N) is 1. The lowest BCUT2D eigenvalue weighted by Crippen LogP contribution is -2.14. The third kappa shape index (κ3) is 2.24. The summed E-state index contributed by atoms with van der Waals surface area (Å²) in [5.74, 6) is 0.898. The van der Waals surface area contributed by atoms with Crippen LogP contribution in [0.15, 0.2) is 24.5 Å². The predicted molar refractivity (Wildman–Crippen MR) is 75.4 cm³/mol. The fourth-order valence-electron chi connectivity index (χ4n) is 1.90. The van der Waals surface area contributed by atoms with E-state index < -0.39 is 0 Å². The van der Waals surface area contributed by atoms with Crippen molar-refractivity contribution in [1.82, 2.24) is 9.97 Å². The van der Waals surface area contributed by atoms with E-state index in [4.69, 9.17) is 17.3 Å². The maximum absolute atomic E-state index is 6.13. The highest BCUT2D eigenvalue weighted by atomic mass is 35.5. The number of benzene rings is 1. The second kappa shape index (κ2) is 4.82. The van der Waals surface area contributed by atoms with Crippen molar-refractivity contribution in [3.63, 3.8) is 0 Å². The molecule has 0 radical (unpaired) electrons. The zero-order valence-corrected chi connectivity index (χ0v) is 11.4. The first kappa shape index (κ1) is 12.6. The van der Waals surface area contributed by atoms with E-state index in [0.29, 0.717) is 16.7 Å². The molecule has 1 aromatic heterocycles. The van der Waals surface area contributed by atoms with Gasteiger partial charge in [0.1, 0.15) is 17.2 Å². The maximum Gasteiger partial charge on any atom is 0.157 e. The summed E-state index contributed by atoms with van der Waals surface area (Å²) >= 11 is 6.13. The molecular weight excluding hydrogens is 248 g/mol. The molecule has 0 fully saturated rings. The van der Waals surface area contributed by atoms with E-state index in [9.17, 15) is 0 Å². The molecule has 1 aromatic carbocycles. The second-order valence-electron chi connectivity index (χ2n) is 4.25. The SMILES string of the molecule is Cc1ccc(N(C)c2ncnc(N)c2Cl)c(C)c1. The third-order valence-corrected chi connectivity index (χ3v) is 3.19. The highest BCUT2D eigenvalue weighted by Crippen LogP contribution is 2.32.